The Labute approximate surface area is 86.8 Å². The Balaban J connectivity index is 2.73. The molecule has 0 saturated carbocycles. The van der Waals surface area contributed by atoms with Crippen LogP contribution < -0.4 is 0 Å². The van der Waals surface area contributed by atoms with E-state index in [2.05, 4.69) is 6.58 Å². The standard InChI is InChI=1S/C11H11FO3/c1-2-5-15-7-8-3-4-9(11(13)14)10(12)6-8/h2-4,6H,1,5,7H2,(H,13,14). The minimum Gasteiger partial charge on any atom is -0.478 e. The molecular formula is C11H11FO3. The van der Waals surface area contributed by atoms with Gasteiger partial charge in [0.15, 0.2) is 0 Å². The van der Waals surface area contributed by atoms with Crippen LogP contribution in [0.5, 0.6) is 0 Å². The summed E-state index contributed by atoms with van der Waals surface area (Å²) in [6.45, 7) is 4.09. The van der Waals surface area contributed by atoms with E-state index in [0.29, 0.717) is 12.2 Å². The molecule has 1 aromatic rings. The Morgan fingerprint density at radius 3 is 2.87 bits per heavy atom. The van der Waals surface area contributed by atoms with Gasteiger partial charge in [-0.2, -0.15) is 0 Å². The fraction of sp³-hybridized carbons (Fsp3) is 0.182. The highest BCUT2D eigenvalue weighted by Gasteiger charge is 2.09. The van der Waals surface area contributed by atoms with E-state index in [4.69, 9.17) is 9.84 Å². The van der Waals surface area contributed by atoms with Gasteiger partial charge in [-0.15, -0.1) is 6.58 Å². The number of carboxylic acids is 1. The van der Waals surface area contributed by atoms with Crippen LogP contribution in [0.15, 0.2) is 30.9 Å². The molecule has 0 aliphatic heterocycles. The normalized spacial score (nSPS) is 9.93. The number of halogens is 1. The molecule has 0 aliphatic rings. The Bertz CT molecular complexity index is 374. The van der Waals surface area contributed by atoms with E-state index in [1.54, 1.807) is 6.08 Å². The maximum absolute atomic E-state index is 13.2. The molecule has 3 nitrogen and oxygen atoms in total. The monoisotopic (exact) mass is 210 g/mol. The summed E-state index contributed by atoms with van der Waals surface area (Å²) in [5, 5.41) is 8.59. The highest BCUT2D eigenvalue weighted by molar-refractivity contribution is 5.87. The third-order valence-electron chi connectivity index (χ3n) is 1.77. The first-order valence-electron chi connectivity index (χ1n) is 4.35. The summed E-state index contributed by atoms with van der Waals surface area (Å²) in [5.74, 6) is -2.02. The van der Waals surface area contributed by atoms with Crippen LogP contribution in [0, 0.1) is 5.82 Å². The largest absolute Gasteiger partial charge is 0.478 e. The highest BCUT2D eigenvalue weighted by Crippen LogP contribution is 2.11. The molecule has 0 fully saturated rings. The average Bonchev–Trinajstić information content (AvgIpc) is 2.17. The molecule has 0 aliphatic carbocycles. The molecule has 0 spiro atoms. The van der Waals surface area contributed by atoms with E-state index in [9.17, 15) is 9.18 Å². The number of hydrogen-bond acceptors (Lipinski definition) is 2. The van der Waals surface area contributed by atoms with Gasteiger partial charge in [-0.05, 0) is 17.7 Å². The van der Waals surface area contributed by atoms with Gasteiger partial charge in [-0.3, -0.25) is 0 Å². The summed E-state index contributed by atoms with van der Waals surface area (Å²) in [6, 6.07) is 3.91. The second-order valence-electron chi connectivity index (χ2n) is 2.92. The van der Waals surface area contributed by atoms with Crippen LogP contribution in [0.4, 0.5) is 4.39 Å². The lowest BCUT2D eigenvalue weighted by atomic mass is 10.1. The number of ether oxygens (including phenoxy) is 1. The van der Waals surface area contributed by atoms with Crippen molar-refractivity contribution in [3.05, 3.63) is 47.8 Å². The first-order valence-corrected chi connectivity index (χ1v) is 4.35. The molecule has 0 unspecified atom stereocenters. The lowest BCUT2D eigenvalue weighted by Gasteiger charge is -2.03. The molecular weight excluding hydrogens is 199 g/mol. The third-order valence-corrected chi connectivity index (χ3v) is 1.77. The van der Waals surface area contributed by atoms with Gasteiger partial charge in [0, 0.05) is 0 Å². The fourth-order valence-corrected chi connectivity index (χ4v) is 1.08. The Hall–Kier alpha value is -1.68. The van der Waals surface area contributed by atoms with Gasteiger partial charge < -0.3 is 9.84 Å². The van der Waals surface area contributed by atoms with Crippen molar-refractivity contribution in [2.24, 2.45) is 0 Å². The molecule has 0 heterocycles. The first-order chi connectivity index (χ1) is 7.15. The molecule has 80 valence electrons. The number of aromatic carboxylic acids is 1. The minimum atomic E-state index is -1.27. The SMILES string of the molecule is C=CCOCc1ccc(C(=O)O)c(F)c1. The number of hydrogen-bond donors (Lipinski definition) is 1. The molecule has 1 N–H and O–H groups in total. The van der Waals surface area contributed by atoms with Crippen LogP contribution >= 0.6 is 0 Å². The summed E-state index contributed by atoms with van der Waals surface area (Å²) in [5.41, 5.74) is 0.266. The maximum atomic E-state index is 13.2. The topological polar surface area (TPSA) is 46.5 Å². The molecule has 0 radical (unpaired) electrons. The van der Waals surface area contributed by atoms with Crippen molar-refractivity contribution in [3.63, 3.8) is 0 Å². The van der Waals surface area contributed by atoms with Crippen molar-refractivity contribution in [2.45, 2.75) is 6.61 Å². The first kappa shape index (κ1) is 11.4. The molecule has 1 aromatic carbocycles. The molecule has 0 bridgehead atoms. The second-order valence-corrected chi connectivity index (χ2v) is 2.92. The summed E-state index contributed by atoms with van der Waals surface area (Å²) < 4.78 is 18.2. The van der Waals surface area contributed by atoms with Crippen LogP contribution in [-0.4, -0.2) is 17.7 Å². The van der Waals surface area contributed by atoms with Crippen molar-refractivity contribution in [3.8, 4) is 0 Å². The average molecular weight is 210 g/mol. The zero-order chi connectivity index (χ0) is 11.3. The van der Waals surface area contributed by atoms with E-state index in [1.165, 1.54) is 12.1 Å². The molecule has 0 aromatic heterocycles. The smallest absolute Gasteiger partial charge is 0.338 e. The lowest BCUT2D eigenvalue weighted by Crippen LogP contribution is -2.02. The number of carbonyl (C=O) groups is 1. The quantitative estimate of drug-likeness (QED) is 0.598. The van der Waals surface area contributed by atoms with Crippen LogP contribution in [0.2, 0.25) is 0 Å². The third kappa shape index (κ3) is 3.18. The van der Waals surface area contributed by atoms with Gasteiger partial charge in [0.25, 0.3) is 0 Å². The predicted molar refractivity (Wildman–Crippen MR) is 53.2 cm³/mol. The van der Waals surface area contributed by atoms with Gasteiger partial charge in [0.2, 0.25) is 0 Å². The summed E-state index contributed by atoms with van der Waals surface area (Å²) in [4.78, 5) is 10.5. The summed E-state index contributed by atoms with van der Waals surface area (Å²) in [7, 11) is 0. The van der Waals surface area contributed by atoms with Crippen molar-refractivity contribution in [1.82, 2.24) is 0 Å². The molecule has 1 rings (SSSR count). The van der Waals surface area contributed by atoms with Crippen molar-refractivity contribution in [1.29, 1.82) is 0 Å². The zero-order valence-corrected chi connectivity index (χ0v) is 8.07. The maximum Gasteiger partial charge on any atom is 0.338 e. The van der Waals surface area contributed by atoms with Crippen LogP contribution in [0.3, 0.4) is 0 Å². The van der Waals surface area contributed by atoms with Gasteiger partial charge in [0.05, 0.1) is 18.8 Å². The van der Waals surface area contributed by atoms with Gasteiger partial charge in [-0.25, -0.2) is 9.18 Å². The molecule has 0 saturated heterocycles. The van der Waals surface area contributed by atoms with E-state index < -0.39 is 11.8 Å². The van der Waals surface area contributed by atoms with E-state index in [-0.39, 0.29) is 12.2 Å². The van der Waals surface area contributed by atoms with Crippen LogP contribution in [0.25, 0.3) is 0 Å². The van der Waals surface area contributed by atoms with Gasteiger partial charge in [0.1, 0.15) is 5.82 Å². The van der Waals surface area contributed by atoms with E-state index in [0.717, 1.165) is 6.07 Å². The highest BCUT2D eigenvalue weighted by atomic mass is 19.1. The Kier molecular flexibility index (Phi) is 4.00. The van der Waals surface area contributed by atoms with Gasteiger partial charge in [-0.1, -0.05) is 12.1 Å². The van der Waals surface area contributed by atoms with E-state index >= 15 is 0 Å². The van der Waals surface area contributed by atoms with Crippen LogP contribution in [-0.2, 0) is 11.3 Å². The predicted octanol–water partition coefficient (Wildman–Crippen LogP) is 2.23. The molecule has 4 heteroatoms. The zero-order valence-electron chi connectivity index (χ0n) is 8.07. The van der Waals surface area contributed by atoms with E-state index in [1.807, 2.05) is 0 Å². The van der Waals surface area contributed by atoms with Gasteiger partial charge >= 0.3 is 5.97 Å². The summed E-state index contributed by atoms with van der Waals surface area (Å²) in [6.07, 6.45) is 1.59. The second kappa shape index (κ2) is 5.26. The fourth-order valence-electron chi connectivity index (χ4n) is 1.08. The number of carboxylic acid groups (broad SMARTS) is 1. The van der Waals surface area contributed by atoms with Crippen molar-refractivity contribution in [2.75, 3.05) is 6.61 Å². The van der Waals surface area contributed by atoms with Crippen molar-refractivity contribution >= 4 is 5.97 Å². The lowest BCUT2D eigenvalue weighted by molar-refractivity contribution is 0.0691. The number of rotatable bonds is 5. The van der Waals surface area contributed by atoms with Crippen LogP contribution in [0.1, 0.15) is 15.9 Å². The van der Waals surface area contributed by atoms with Crippen molar-refractivity contribution < 1.29 is 19.0 Å². The summed E-state index contributed by atoms with van der Waals surface area (Å²) >= 11 is 0. The molecule has 15 heavy (non-hydrogen) atoms. The minimum absolute atomic E-state index is 0.239. The number of benzene rings is 1. The molecule has 0 atom stereocenters. The Morgan fingerprint density at radius 2 is 2.33 bits per heavy atom. The Morgan fingerprint density at radius 1 is 1.60 bits per heavy atom. The molecule has 0 amide bonds.